The number of hydrogen-bond donors (Lipinski definition) is 3. The molecule has 0 aromatic heterocycles. The van der Waals surface area contributed by atoms with Gasteiger partial charge in [0.1, 0.15) is 6.10 Å². The van der Waals surface area contributed by atoms with Crippen molar-refractivity contribution >= 4 is 17.8 Å². The summed E-state index contributed by atoms with van der Waals surface area (Å²) in [4.78, 5) is 39.1. The zero-order valence-electron chi connectivity index (χ0n) is 24.0. The third kappa shape index (κ3) is 12.5. The molecule has 0 radical (unpaired) electrons. The van der Waals surface area contributed by atoms with Crippen molar-refractivity contribution in [2.24, 2.45) is 5.92 Å². The van der Waals surface area contributed by atoms with Gasteiger partial charge in [0.2, 0.25) is 11.8 Å². The lowest BCUT2D eigenvalue weighted by atomic mass is 9.97. The summed E-state index contributed by atoms with van der Waals surface area (Å²) in [5.74, 6) is -1.81. The van der Waals surface area contributed by atoms with Gasteiger partial charge in [-0.1, -0.05) is 72.8 Å². The number of benzene rings is 2. The second-order valence-electron chi connectivity index (χ2n) is 9.99. The molecule has 0 spiro atoms. The molecule has 2 rings (SSSR count). The number of allylic oxidation sites excluding steroid dienone is 2. The fraction of sp³-hybridized carbons (Fsp3) is 0.424. The summed E-state index contributed by atoms with van der Waals surface area (Å²) in [5, 5.41) is 15.6. The van der Waals surface area contributed by atoms with E-state index in [1.807, 2.05) is 66.7 Å². The highest BCUT2D eigenvalue weighted by Crippen LogP contribution is 2.24. The summed E-state index contributed by atoms with van der Waals surface area (Å²) in [6, 6.07) is 17.6. The molecule has 3 N–H and O–H groups in total. The van der Waals surface area contributed by atoms with Crippen LogP contribution >= 0.6 is 0 Å². The molecular formula is C33H44N2O6. The molecule has 4 atom stereocenters. The molecule has 0 saturated heterocycles. The standard InChI is InChI=1S/C33H44N2O6/c1-4-6-7-14-20-31(38)41-32(26-18-12-9-13-19-26)29(24-40-3)35-33(39)27(15-5-2)22-30(37)34-28(23-36)21-25-16-10-8-11-17-25/h4-5,8-13,16-19,27-29,32,36H,1-2,6-7,14-15,20-24H2,3H3,(H,34,37)(H,35,39). The van der Waals surface area contributed by atoms with Crippen molar-refractivity contribution in [3.8, 4) is 0 Å². The number of carbonyl (C=O) groups excluding carboxylic acids is 3. The Morgan fingerprint density at radius 2 is 1.63 bits per heavy atom. The average Bonchev–Trinajstić information content (AvgIpc) is 2.98. The molecule has 2 aromatic rings. The van der Waals surface area contributed by atoms with Gasteiger partial charge in [-0.25, -0.2) is 0 Å². The molecule has 0 heterocycles. The Kier molecular flexibility index (Phi) is 15.8. The van der Waals surface area contributed by atoms with Crippen LogP contribution in [0.1, 0.15) is 55.8 Å². The number of rotatable bonds is 20. The van der Waals surface area contributed by atoms with E-state index in [9.17, 15) is 19.5 Å². The number of unbranched alkanes of at least 4 members (excludes halogenated alkanes) is 2. The maximum Gasteiger partial charge on any atom is 0.306 e. The van der Waals surface area contributed by atoms with E-state index in [-0.39, 0.29) is 50.3 Å². The topological polar surface area (TPSA) is 114 Å². The summed E-state index contributed by atoms with van der Waals surface area (Å²) in [7, 11) is 1.51. The van der Waals surface area contributed by atoms with Gasteiger partial charge in [0.15, 0.2) is 0 Å². The van der Waals surface area contributed by atoms with Crippen LogP contribution in [0.4, 0.5) is 0 Å². The summed E-state index contributed by atoms with van der Waals surface area (Å²) in [5.41, 5.74) is 1.70. The first-order chi connectivity index (χ1) is 19.9. The summed E-state index contributed by atoms with van der Waals surface area (Å²) in [6.45, 7) is 7.31. The SMILES string of the molecule is C=CCCCCC(=O)OC(c1ccccc1)C(COC)NC(=O)C(CC=C)CC(=O)NC(CO)Cc1ccccc1. The Morgan fingerprint density at radius 3 is 2.24 bits per heavy atom. The molecule has 0 aliphatic rings. The van der Waals surface area contributed by atoms with E-state index in [0.717, 1.165) is 24.0 Å². The Balaban J connectivity index is 2.12. The average molecular weight is 565 g/mol. The van der Waals surface area contributed by atoms with Crippen molar-refractivity contribution in [2.45, 2.75) is 63.1 Å². The van der Waals surface area contributed by atoms with Crippen LogP contribution in [0.25, 0.3) is 0 Å². The molecule has 8 heteroatoms. The third-order valence-corrected chi connectivity index (χ3v) is 6.63. The zero-order valence-corrected chi connectivity index (χ0v) is 24.0. The van der Waals surface area contributed by atoms with E-state index in [4.69, 9.17) is 9.47 Å². The fourth-order valence-corrected chi connectivity index (χ4v) is 4.52. The zero-order chi connectivity index (χ0) is 29.9. The molecular weight excluding hydrogens is 520 g/mol. The maximum absolute atomic E-state index is 13.5. The van der Waals surface area contributed by atoms with Gasteiger partial charge in [-0.15, -0.1) is 13.2 Å². The van der Waals surface area contributed by atoms with Crippen LogP contribution in [0.5, 0.6) is 0 Å². The van der Waals surface area contributed by atoms with Crippen molar-refractivity contribution in [3.05, 3.63) is 97.1 Å². The van der Waals surface area contributed by atoms with E-state index in [2.05, 4.69) is 23.8 Å². The molecule has 0 saturated carbocycles. The van der Waals surface area contributed by atoms with E-state index >= 15 is 0 Å². The first-order valence-electron chi connectivity index (χ1n) is 14.1. The Labute approximate surface area is 243 Å². The third-order valence-electron chi connectivity index (χ3n) is 6.63. The minimum atomic E-state index is -0.783. The van der Waals surface area contributed by atoms with Crippen LogP contribution < -0.4 is 10.6 Å². The number of hydrogen-bond acceptors (Lipinski definition) is 6. The molecule has 0 aliphatic carbocycles. The van der Waals surface area contributed by atoms with Gasteiger partial charge in [0, 0.05) is 20.0 Å². The van der Waals surface area contributed by atoms with Crippen LogP contribution in [0.15, 0.2) is 86.0 Å². The van der Waals surface area contributed by atoms with Crippen molar-refractivity contribution in [1.82, 2.24) is 10.6 Å². The lowest BCUT2D eigenvalue weighted by Gasteiger charge is -2.29. The number of aliphatic hydroxyl groups excluding tert-OH is 1. The van der Waals surface area contributed by atoms with Gasteiger partial charge in [0.05, 0.1) is 31.2 Å². The number of amides is 2. The monoisotopic (exact) mass is 564 g/mol. The molecule has 41 heavy (non-hydrogen) atoms. The predicted octanol–water partition coefficient (Wildman–Crippen LogP) is 4.45. The number of esters is 1. The quantitative estimate of drug-likeness (QED) is 0.124. The molecule has 0 aliphatic heterocycles. The molecule has 2 amide bonds. The molecule has 4 unspecified atom stereocenters. The second-order valence-corrected chi connectivity index (χ2v) is 9.99. The number of aliphatic hydroxyl groups is 1. The van der Waals surface area contributed by atoms with Crippen LogP contribution in [-0.2, 0) is 30.3 Å². The van der Waals surface area contributed by atoms with Crippen molar-refractivity contribution in [3.63, 3.8) is 0 Å². The van der Waals surface area contributed by atoms with Crippen molar-refractivity contribution < 1.29 is 29.0 Å². The van der Waals surface area contributed by atoms with Gasteiger partial charge in [-0.2, -0.15) is 0 Å². The van der Waals surface area contributed by atoms with Crippen LogP contribution in [0.3, 0.4) is 0 Å². The molecule has 0 fully saturated rings. The largest absolute Gasteiger partial charge is 0.455 e. The van der Waals surface area contributed by atoms with Gasteiger partial charge in [-0.05, 0) is 43.2 Å². The molecule has 8 nitrogen and oxygen atoms in total. The van der Waals surface area contributed by atoms with Crippen molar-refractivity contribution in [2.75, 3.05) is 20.3 Å². The molecule has 0 bridgehead atoms. The van der Waals surface area contributed by atoms with E-state index in [0.29, 0.717) is 12.8 Å². The first kappa shape index (κ1) is 33.5. The normalized spacial score (nSPS) is 13.7. The Hall–Kier alpha value is -3.75. The van der Waals surface area contributed by atoms with Gasteiger partial charge in [-0.3, -0.25) is 14.4 Å². The first-order valence-corrected chi connectivity index (χ1v) is 14.1. The number of nitrogens with one attached hydrogen (secondary N) is 2. The van der Waals surface area contributed by atoms with Gasteiger partial charge in [0.25, 0.3) is 0 Å². The summed E-state index contributed by atoms with van der Waals surface area (Å²) >= 11 is 0. The Morgan fingerprint density at radius 1 is 0.951 bits per heavy atom. The smallest absolute Gasteiger partial charge is 0.306 e. The van der Waals surface area contributed by atoms with Crippen LogP contribution in [0, 0.1) is 5.92 Å². The van der Waals surface area contributed by atoms with E-state index < -0.39 is 24.1 Å². The Bertz CT molecular complexity index is 1080. The minimum Gasteiger partial charge on any atom is -0.455 e. The summed E-state index contributed by atoms with van der Waals surface area (Å²) < 4.78 is 11.3. The number of carbonyl (C=O) groups is 3. The number of ether oxygens (including phenoxy) is 2. The maximum atomic E-state index is 13.5. The lowest BCUT2D eigenvalue weighted by Crippen LogP contribution is -2.47. The predicted molar refractivity (Wildman–Crippen MR) is 160 cm³/mol. The number of methoxy groups -OCH3 is 1. The van der Waals surface area contributed by atoms with Gasteiger partial charge >= 0.3 is 5.97 Å². The molecule has 2 aromatic carbocycles. The highest BCUT2D eigenvalue weighted by Gasteiger charge is 2.31. The summed E-state index contributed by atoms with van der Waals surface area (Å²) in [6.07, 6.45) is 5.83. The van der Waals surface area contributed by atoms with Gasteiger partial charge < -0.3 is 25.2 Å². The highest BCUT2D eigenvalue weighted by molar-refractivity contribution is 5.86. The fourth-order valence-electron chi connectivity index (χ4n) is 4.52. The van der Waals surface area contributed by atoms with Crippen LogP contribution in [-0.4, -0.2) is 55.3 Å². The molecule has 222 valence electrons. The highest BCUT2D eigenvalue weighted by atomic mass is 16.5. The van der Waals surface area contributed by atoms with Crippen molar-refractivity contribution in [1.29, 1.82) is 0 Å². The van der Waals surface area contributed by atoms with E-state index in [1.54, 1.807) is 6.08 Å². The lowest BCUT2D eigenvalue weighted by molar-refractivity contribution is -0.153. The van der Waals surface area contributed by atoms with E-state index in [1.165, 1.54) is 7.11 Å². The van der Waals surface area contributed by atoms with Crippen LogP contribution in [0.2, 0.25) is 0 Å². The second kappa shape index (κ2) is 19.3. The minimum absolute atomic E-state index is 0.0890.